The number of ether oxygens (including phenoxy) is 2. The van der Waals surface area contributed by atoms with Crippen LogP contribution in [0.25, 0.3) is 0 Å². The van der Waals surface area contributed by atoms with Crippen LogP contribution in [0.3, 0.4) is 0 Å². The molecular weight excluding hydrogens is 516 g/mol. The standard InChI is InChI=1S/C29H42N4O7/c1-7-9-10-11-14-17-33(27(37)22(18-23(30)34)32-28(38)40-29(3,4)5)25(26(36)31-19-24(35)39-6)21-16-13-12-15-20(21)8-2/h2,12-13,15-16,22,25H,7,9-11,14,17-19H2,1,3-6H3,(H2,30,34)(H,31,36)(H,32,38). The van der Waals surface area contributed by atoms with Crippen molar-refractivity contribution in [3.8, 4) is 12.3 Å². The predicted molar refractivity (Wildman–Crippen MR) is 150 cm³/mol. The van der Waals surface area contributed by atoms with Gasteiger partial charge in [-0.3, -0.25) is 19.2 Å². The Hall–Kier alpha value is -4.07. The van der Waals surface area contributed by atoms with Crippen molar-refractivity contribution in [3.05, 3.63) is 35.4 Å². The number of hydrogen-bond donors (Lipinski definition) is 3. The highest BCUT2D eigenvalue weighted by Crippen LogP contribution is 2.27. The number of carbonyl (C=O) groups is 5. The number of hydrogen-bond acceptors (Lipinski definition) is 7. The average molecular weight is 559 g/mol. The number of esters is 1. The molecule has 0 fully saturated rings. The van der Waals surface area contributed by atoms with Crippen LogP contribution >= 0.6 is 0 Å². The molecule has 1 aromatic carbocycles. The van der Waals surface area contributed by atoms with Crippen LogP contribution in [0.1, 0.15) is 83.4 Å². The number of carbonyl (C=O) groups excluding carboxylic acids is 5. The van der Waals surface area contributed by atoms with Gasteiger partial charge < -0.3 is 30.7 Å². The van der Waals surface area contributed by atoms with Crippen LogP contribution in [0.2, 0.25) is 0 Å². The zero-order valence-corrected chi connectivity index (χ0v) is 24.1. The summed E-state index contributed by atoms with van der Waals surface area (Å²) in [5.74, 6) is -0.417. The smallest absolute Gasteiger partial charge is 0.408 e. The molecule has 1 aromatic rings. The molecule has 4 amide bonds. The molecule has 2 atom stereocenters. The Morgan fingerprint density at radius 2 is 1.73 bits per heavy atom. The third-order valence-corrected chi connectivity index (χ3v) is 5.79. The first-order valence-corrected chi connectivity index (χ1v) is 13.3. The van der Waals surface area contributed by atoms with Crippen molar-refractivity contribution < 1.29 is 33.4 Å². The minimum Gasteiger partial charge on any atom is -0.468 e. The van der Waals surface area contributed by atoms with Crippen molar-refractivity contribution in [2.45, 2.75) is 83.9 Å². The van der Waals surface area contributed by atoms with E-state index in [1.165, 1.54) is 12.0 Å². The molecule has 11 nitrogen and oxygen atoms in total. The van der Waals surface area contributed by atoms with E-state index in [9.17, 15) is 24.0 Å². The highest BCUT2D eigenvalue weighted by Gasteiger charge is 2.37. The van der Waals surface area contributed by atoms with Crippen LogP contribution in [-0.2, 0) is 28.7 Å². The number of benzene rings is 1. The normalized spacial score (nSPS) is 12.3. The van der Waals surface area contributed by atoms with Crippen molar-refractivity contribution in [3.63, 3.8) is 0 Å². The van der Waals surface area contributed by atoms with E-state index in [0.717, 1.165) is 25.7 Å². The molecule has 0 radical (unpaired) electrons. The topological polar surface area (TPSA) is 157 Å². The predicted octanol–water partition coefficient (Wildman–Crippen LogP) is 2.57. The van der Waals surface area contributed by atoms with Gasteiger partial charge in [0.1, 0.15) is 24.2 Å². The lowest BCUT2D eigenvalue weighted by molar-refractivity contribution is -0.145. The van der Waals surface area contributed by atoms with E-state index in [4.69, 9.17) is 16.9 Å². The molecule has 0 aliphatic carbocycles. The largest absolute Gasteiger partial charge is 0.468 e. The number of primary amides is 1. The number of nitrogens with zero attached hydrogens (tertiary/aromatic N) is 1. The average Bonchev–Trinajstić information content (AvgIpc) is 2.88. The van der Waals surface area contributed by atoms with Gasteiger partial charge in [0.15, 0.2) is 0 Å². The monoisotopic (exact) mass is 558 g/mol. The van der Waals surface area contributed by atoms with Gasteiger partial charge in [-0.15, -0.1) is 6.42 Å². The van der Waals surface area contributed by atoms with Gasteiger partial charge in [-0.05, 0) is 38.8 Å². The van der Waals surface area contributed by atoms with Gasteiger partial charge in [-0.1, -0.05) is 56.7 Å². The van der Waals surface area contributed by atoms with E-state index < -0.39 is 60.4 Å². The third kappa shape index (κ3) is 11.8. The molecule has 2 unspecified atom stereocenters. The number of methoxy groups -OCH3 is 1. The molecule has 0 heterocycles. The van der Waals surface area contributed by atoms with Gasteiger partial charge in [-0.2, -0.15) is 0 Å². The number of alkyl carbamates (subject to hydrolysis) is 1. The van der Waals surface area contributed by atoms with Crippen molar-refractivity contribution >= 4 is 29.8 Å². The van der Waals surface area contributed by atoms with Crippen LogP contribution in [-0.4, -0.2) is 66.5 Å². The molecule has 0 spiro atoms. The summed E-state index contributed by atoms with van der Waals surface area (Å²) in [7, 11) is 1.18. The molecule has 11 heteroatoms. The lowest BCUT2D eigenvalue weighted by atomic mass is 9.96. The molecular formula is C29H42N4O7. The highest BCUT2D eigenvalue weighted by atomic mass is 16.6. The number of amides is 4. The van der Waals surface area contributed by atoms with E-state index >= 15 is 0 Å². The molecule has 0 aliphatic rings. The summed E-state index contributed by atoms with van der Waals surface area (Å²) in [6, 6.07) is 3.89. The number of nitrogens with two attached hydrogens (primary N) is 1. The fourth-order valence-corrected chi connectivity index (χ4v) is 3.95. The Bertz CT molecular complexity index is 1070. The Morgan fingerprint density at radius 1 is 1.07 bits per heavy atom. The van der Waals surface area contributed by atoms with Crippen molar-refractivity contribution in [1.29, 1.82) is 0 Å². The van der Waals surface area contributed by atoms with Crippen molar-refractivity contribution in [2.75, 3.05) is 20.2 Å². The highest BCUT2D eigenvalue weighted by molar-refractivity contribution is 5.95. The maximum atomic E-state index is 14.0. The van der Waals surface area contributed by atoms with Gasteiger partial charge in [0.05, 0.1) is 13.5 Å². The second-order valence-electron chi connectivity index (χ2n) is 10.2. The van der Waals surface area contributed by atoms with Crippen LogP contribution in [0.5, 0.6) is 0 Å². The quantitative estimate of drug-likeness (QED) is 0.170. The minimum absolute atomic E-state index is 0.100. The first-order chi connectivity index (χ1) is 18.8. The van der Waals surface area contributed by atoms with Gasteiger partial charge in [0, 0.05) is 12.1 Å². The molecule has 0 bridgehead atoms. The van der Waals surface area contributed by atoms with E-state index in [0.29, 0.717) is 17.5 Å². The Balaban J connectivity index is 3.58. The summed E-state index contributed by atoms with van der Waals surface area (Å²) in [5, 5.41) is 4.93. The van der Waals surface area contributed by atoms with Gasteiger partial charge in [-0.25, -0.2) is 4.79 Å². The van der Waals surface area contributed by atoms with E-state index in [-0.39, 0.29) is 6.54 Å². The van der Waals surface area contributed by atoms with Crippen LogP contribution in [0.4, 0.5) is 4.79 Å². The third-order valence-electron chi connectivity index (χ3n) is 5.79. The second kappa shape index (κ2) is 16.8. The fraction of sp³-hybridized carbons (Fsp3) is 0.552. The van der Waals surface area contributed by atoms with Gasteiger partial charge >= 0.3 is 12.1 Å². The summed E-state index contributed by atoms with van der Waals surface area (Å²) in [6.45, 7) is 6.69. The lowest BCUT2D eigenvalue weighted by Gasteiger charge is -2.34. The zero-order valence-electron chi connectivity index (χ0n) is 24.1. The number of terminal acetylenes is 1. The molecule has 0 aromatic heterocycles. The molecule has 0 aliphatic heterocycles. The van der Waals surface area contributed by atoms with Crippen LogP contribution in [0, 0.1) is 12.3 Å². The SMILES string of the molecule is C#Cc1ccccc1C(C(=O)NCC(=O)OC)N(CCCCCCC)C(=O)C(CC(N)=O)NC(=O)OC(C)(C)C. The maximum Gasteiger partial charge on any atom is 0.408 e. The number of unbranched alkanes of at least 4 members (excludes halogenated alkanes) is 4. The van der Waals surface area contributed by atoms with Crippen molar-refractivity contribution in [1.82, 2.24) is 15.5 Å². The summed E-state index contributed by atoms with van der Waals surface area (Å²) < 4.78 is 9.91. The molecule has 220 valence electrons. The number of nitrogens with one attached hydrogen (secondary N) is 2. The summed E-state index contributed by atoms with van der Waals surface area (Å²) in [5.41, 5.74) is 5.24. The van der Waals surface area contributed by atoms with Gasteiger partial charge in [0.2, 0.25) is 17.7 Å². The molecule has 1 rings (SSSR count). The molecule has 40 heavy (non-hydrogen) atoms. The van der Waals surface area contributed by atoms with E-state index in [2.05, 4.69) is 28.2 Å². The summed E-state index contributed by atoms with van der Waals surface area (Å²) in [6.07, 6.45) is 8.49. The maximum absolute atomic E-state index is 14.0. The summed E-state index contributed by atoms with van der Waals surface area (Å²) >= 11 is 0. The van der Waals surface area contributed by atoms with E-state index in [1.807, 2.05) is 0 Å². The Morgan fingerprint density at radius 3 is 2.30 bits per heavy atom. The zero-order chi connectivity index (χ0) is 30.3. The Labute approximate surface area is 236 Å². The second-order valence-corrected chi connectivity index (χ2v) is 10.2. The Kier molecular flexibility index (Phi) is 14.3. The van der Waals surface area contributed by atoms with E-state index in [1.54, 1.807) is 45.0 Å². The van der Waals surface area contributed by atoms with Crippen LogP contribution in [0.15, 0.2) is 24.3 Å². The van der Waals surface area contributed by atoms with Gasteiger partial charge in [0.25, 0.3) is 0 Å². The lowest BCUT2D eigenvalue weighted by Crippen LogP contribution is -2.54. The number of rotatable bonds is 15. The molecule has 4 N–H and O–H groups in total. The van der Waals surface area contributed by atoms with Crippen molar-refractivity contribution in [2.24, 2.45) is 5.73 Å². The molecule has 0 saturated carbocycles. The fourth-order valence-electron chi connectivity index (χ4n) is 3.95. The van der Waals surface area contributed by atoms with Crippen LogP contribution < -0.4 is 16.4 Å². The molecule has 0 saturated heterocycles. The minimum atomic E-state index is -1.42. The first kappa shape index (κ1) is 34.0. The summed E-state index contributed by atoms with van der Waals surface area (Å²) in [4.78, 5) is 65.2. The first-order valence-electron chi connectivity index (χ1n) is 13.3.